The van der Waals surface area contributed by atoms with Gasteiger partial charge >= 0.3 is 0 Å². The Bertz CT molecular complexity index is 1120. The number of piperidine rings is 1. The van der Waals surface area contributed by atoms with E-state index in [1.165, 1.54) is 16.8 Å². The first-order valence-corrected chi connectivity index (χ1v) is 11.5. The molecule has 0 radical (unpaired) electrons. The molecule has 0 unspecified atom stereocenters. The first-order chi connectivity index (χ1) is 15.6. The van der Waals surface area contributed by atoms with E-state index in [0.717, 1.165) is 63.3 Å². The van der Waals surface area contributed by atoms with E-state index in [2.05, 4.69) is 61.7 Å². The van der Waals surface area contributed by atoms with Crippen molar-refractivity contribution in [1.82, 2.24) is 19.9 Å². The van der Waals surface area contributed by atoms with Gasteiger partial charge in [-0.3, -0.25) is 9.78 Å². The highest BCUT2D eigenvalue weighted by Crippen LogP contribution is 2.27. The first-order valence-electron chi connectivity index (χ1n) is 11.5. The zero-order valence-corrected chi connectivity index (χ0v) is 18.9. The molecule has 0 saturated carbocycles. The molecule has 0 aliphatic carbocycles. The number of carbonyl (C=O) groups excluding carboxylic acids is 1. The molecule has 1 amide bonds. The Balaban J connectivity index is 1.16. The number of piperazine rings is 1. The number of benzene rings is 1. The number of fused-ring (bicyclic) bond motifs is 1. The van der Waals surface area contributed by atoms with Crippen LogP contribution in [0.15, 0.2) is 42.9 Å². The largest absolute Gasteiger partial charge is 0.370 e. The second kappa shape index (κ2) is 8.73. The van der Waals surface area contributed by atoms with Gasteiger partial charge in [0, 0.05) is 63.3 Å². The predicted octanol–water partition coefficient (Wildman–Crippen LogP) is 3.21. The molecule has 7 nitrogen and oxygen atoms in total. The van der Waals surface area contributed by atoms with E-state index in [1.807, 2.05) is 12.3 Å². The van der Waals surface area contributed by atoms with Gasteiger partial charge < -0.3 is 14.7 Å². The Morgan fingerprint density at radius 3 is 2.41 bits per heavy atom. The zero-order valence-electron chi connectivity index (χ0n) is 18.9. The number of aryl methyl sites for hydroxylation is 2. The quantitative estimate of drug-likeness (QED) is 0.636. The number of nitrogens with zero attached hydrogens (tertiary/aromatic N) is 6. The van der Waals surface area contributed by atoms with Gasteiger partial charge in [0.05, 0.1) is 11.9 Å². The Morgan fingerprint density at radius 1 is 0.875 bits per heavy atom. The Morgan fingerprint density at radius 2 is 1.62 bits per heavy atom. The standard InChI is InChI=1S/C25H30N6O/c1-18-3-4-19(2)23(15-18)30-11-13-31(14-12-30)25(32)20-5-9-29(10-6-20)21-16-22-24(28-17-21)27-8-7-26-22/h3-4,7-8,15-17,20H,5-6,9-14H2,1-2H3. The summed E-state index contributed by atoms with van der Waals surface area (Å²) < 4.78 is 0. The minimum Gasteiger partial charge on any atom is -0.370 e. The van der Waals surface area contributed by atoms with Crippen LogP contribution in [0.5, 0.6) is 0 Å². The summed E-state index contributed by atoms with van der Waals surface area (Å²) in [4.78, 5) is 33.0. The van der Waals surface area contributed by atoms with Gasteiger partial charge in [-0.15, -0.1) is 0 Å². The SMILES string of the molecule is Cc1ccc(C)c(N2CCN(C(=O)C3CCN(c4cnc5nccnc5c4)CC3)CC2)c1. The minimum absolute atomic E-state index is 0.117. The smallest absolute Gasteiger partial charge is 0.225 e. The van der Waals surface area contributed by atoms with Crippen LogP contribution in [0.2, 0.25) is 0 Å². The Hall–Kier alpha value is -3.22. The monoisotopic (exact) mass is 430 g/mol. The first kappa shape index (κ1) is 20.7. The van der Waals surface area contributed by atoms with Gasteiger partial charge in [-0.05, 0) is 49.9 Å². The molecule has 0 spiro atoms. The number of hydrogen-bond acceptors (Lipinski definition) is 6. The number of amides is 1. The van der Waals surface area contributed by atoms with Crippen molar-refractivity contribution in [3.8, 4) is 0 Å². The second-order valence-electron chi connectivity index (χ2n) is 8.96. The summed E-state index contributed by atoms with van der Waals surface area (Å²) in [5.41, 5.74) is 6.43. The van der Waals surface area contributed by atoms with Gasteiger partial charge in [-0.25, -0.2) is 9.97 Å². The van der Waals surface area contributed by atoms with E-state index >= 15 is 0 Å². The van der Waals surface area contributed by atoms with E-state index in [0.29, 0.717) is 11.6 Å². The summed E-state index contributed by atoms with van der Waals surface area (Å²) in [5, 5.41) is 0. The van der Waals surface area contributed by atoms with E-state index < -0.39 is 0 Å². The van der Waals surface area contributed by atoms with Gasteiger partial charge in [0.1, 0.15) is 5.52 Å². The van der Waals surface area contributed by atoms with Crippen LogP contribution >= 0.6 is 0 Å². The summed E-state index contributed by atoms with van der Waals surface area (Å²) in [7, 11) is 0. The van der Waals surface area contributed by atoms with Gasteiger partial charge in [-0.2, -0.15) is 0 Å². The molecule has 2 aliphatic heterocycles. The van der Waals surface area contributed by atoms with Crippen LogP contribution in [0, 0.1) is 19.8 Å². The number of pyridine rings is 1. The normalized spacial score (nSPS) is 17.8. The van der Waals surface area contributed by atoms with Gasteiger partial charge in [-0.1, -0.05) is 12.1 Å². The van der Waals surface area contributed by atoms with E-state index in [9.17, 15) is 4.79 Å². The fraction of sp³-hybridized carbons (Fsp3) is 0.440. The average Bonchev–Trinajstić information content (AvgIpc) is 2.85. The van der Waals surface area contributed by atoms with Crippen molar-refractivity contribution in [3.63, 3.8) is 0 Å². The molecule has 0 bridgehead atoms. The lowest BCUT2D eigenvalue weighted by molar-refractivity contribution is -0.136. The van der Waals surface area contributed by atoms with Crippen LogP contribution in [-0.2, 0) is 4.79 Å². The maximum Gasteiger partial charge on any atom is 0.225 e. The number of anilines is 2. The van der Waals surface area contributed by atoms with Gasteiger partial charge in [0.2, 0.25) is 5.91 Å². The van der Waals surface area contributed by atoms with E-state index in [-0.39, 0.29) is 5.92 Å². The van der Waals surface area contributed by atoms with Crippen molar-refractivity contribution < 1.29 is 4.79 Å². The molecule has 2 aromatic heterocycles. The highest BCUT2D eigenvalue weighted by molar-refractivity contribution is 5.80. The van der Waals surface area contributed by atoms with Crippen molar-refractivity contribution in [2.45, 2.75) is 26.7 Å². The minimum atomic E-state index is 0.117. The maximum absolute atomic E-state index is 13.2. The molecular formula is C25H30N6O. The molecular weight excluding hydrogens is 400 g/mol. The van der Waals surface area contributed by atoms with E-state index in [1.54, 1.807) is 12.4 Å². The number of hydrogen-bond donors (Lipinski definition) is 0. The molecule has 5 rings (SSSR count). The molecule has 4 heterocycles. The summed E-state index contributed by atoms with van der Waals surface area (Å²) >= 11 is 0. The van der Waals surface area contributed by atoms with Crippen molar-refractivity contribution in [1.29, 1.82) is 0 Å². The lowest BCUT2D eigenvalue weighted by Gasteiger charge is -2.40. The third-order valence-corrected chi connectivity index (χ3v) is 6.82. The van der Waals surface area contributed by atoms with Crippen LogP contribution in [-0.4, -0.2) is 65.0 Å². The molecule has 1 aromatic carbocycles. The molecule has 166 valence electrons. The lowest BCUT2D eigenvalue weighted by atomic mass is 9.94. The molecule has 2 saturated heterocycles. The Labute approximate surface area is 189 Å². The third kappa shape index (κ3) is 4.11. The van der Waals surface area contributed by atoms with Crippen LogP contribution in [0.4, 0.5) is 11.4 Å². The second-order valence-corrected chi connectivity index (χ2v) is 8.96. The van der Waals surface area contributed by atoms with Crippen molar-refractivity contribution in [2.75, 3.05) is 49.1 Å². The molecule has 0 atom stereocenters. The van der Waals surface area contributed by atoms with Crippen LogP contribution in [0.3, 0.4) is 0 Å². The Kier molecular flexibility index (Phi) is 5.64. The highest BCUT2D eigenvalue weighted by atomic mass is 16.2. The zero-order chi connectivity index (χ0) is 22.1. The van der Waals surface area contributed by atoms with Gasteiger partial charge in [0.15, 0.2) is 5.65 Å². The summed E-state index contributed by atoms with van der Waals surface area (Å²) in [5.74, 6) is 0.444. The molecule has 32 heavy (non-hydrogen) atoms. The van der Waals surface area contributed by atoms with E-state index in [4.69, 9.17) is 0 Å². The average molecular weight is 431 g/mol. The fourth-order valence-corrected chi connectivity index (χ4v) is 4.89. The molecule has 7 heteroatoms. The van der Waals surface area contributed by atoms with Crippen molar-refractivity contribution in [3.05, 3.63) is 54.0 Å². The van der Waals surface area contributed by atoms with Crippen molar-refractivity contribution in [2.24, 2.45) is 5.92 Å². The topological polar surface area (TPSA) is 65.5 Å². The number of aromatic nitrogens is 3. The number of rotatable bonds is 3. The lowest BCUT2D eigenvalue weighted by Crippen LogP contribution is -2.51. The van der Waals surface area contributed by atoms with Crippen LogP contribution in [0.1, 0.15) is 24.0 Å². The fourth-order valence-electron chi connectivity index (χ4n) is 4.89. The van der Waals surface area contributed by atoms with Crippen LogP contribution < -0.4 is 9.80 Å². The summed E-state index contributed by atoms with van der Waals surface area (Å²) in [6.07, 6.45) is 6.99. The predicted molar refractivity (Wildman–Crippen MR) is 127 cm³/mol. The molecule has 3 aromatic rings. The number of carbonyl (C=O) groups is 1. The summed E-state index contributed by atoms with van der Waals surface area (Å²) in [6, 6.07) is 8.65. The van der Waals surface area contributed by atoms with Crippen molar-refractivity contribution >= 4 is 28.4 Å². The van der Waals surface area contributed by atoms with Gasteiger partial charge in [0.25, 0.3) is 0 Å². The maximum atomic E-state index is 13.2. The highest BCUT2D eigenvalue weighted by Gasteiger charge is 2.31. The third-order valence-electron chi connectivity index (χ3n) is 6.82. The molecule has 0 N–H and O–H groups in total. The molecule has 2 fully saturated rings. The van der Waals surface area contributed by atoms with Crippen LogP contribution in [0.25, 0.3) is 11.2 Å². The molecule has 2 aliphatic rings. The summed E-state index contributed by atoms with van der Waals surface area (Å²) in [6.45, 7) is 9.45.